The molecule has 3 rings (SSSR count). The maximum absolute atomic E-state index is 4.87. The Balaban J connectivity index is 2.25. The summed E-state index contributed by atoms with van der Waals surface area (Å²) < 4.78 is 1.94. The predicted molar refractivity (Wildman–Crippen MR) is 87.0 cm³/mol. The fraction of sp³-hybridized carbons (Fsp3) is 0.333. The van der Waals surface area contributed by atoms with Crippen molar-refractivity contribution in [2.24, 2.45) is 0 Å². The predicted octanol–water partition coefficient (Wildman–Crippen LogP) is 4.33. The Morgan fingerprint density at radius 2 is 1.57 bits per heavy atom. The van der Waals surface area contributed by atoms with Gasteiger partial charge in [-0.1, -0.05) is 38.5 Å². The van der Waals surface area contributed by atoms with E-state index >= 15 is 0 Å². The zero-order valence-electron chi connectivity index (χ0n) is 13.3. The molecule has 21 heavy (non-hydrogen) atoms. The zero-order valence-corrected chi connectivity index (χ0v) is 13.3. The van der Waals surface area contributed by atoms with Crippen molar-refractivity contribution < 1.29 is 0 Å². The van der Waals surface area contributed by atoms with E-state index in [-0.39, 0.29) is 5.41 Å². The monoisotopic (exact) mass is 279 g/mol. The average Bonchev–Trinajstić information content (AvgIpc) is 2.76. The summed E-state index contributed by atoms with van der Waals surface area (Å²) >= 11 is 0. The van der Waals surface area contributed by atoms with Crippen LogP contribution in [0.1, 0.15) is 37.7 Å². The minimum Gasteiger partial charge on any atom is -0.232 e. The first-order chi connectivity index (χ1) is 9.86. The second-order valence-corrected chi connectivity index (χ2v) is 6.65. The Labute approximate surface area is 125 Å². The smallest absolute Gasteiger partial charge is 0.163 e. The molecule has 3 nitrogen and oxygen atoms in total. The van der Waals surface area contributed by atoms with Crippen LogP contribution in [-0.2, 0) is 5.41 Å². The van der Waals surface area contributed by atoms with Gasteiger partial charge in [0.15, 0.2) is 5.65 Å². The molecule has 0 saturated heterocycles. The maximum Gasteiger partial charge on any atom is 0.163 e. The molecule has 0 atom stereocenters. The number of hydrogen-bond acceptors (Lipinski definition) is 2. The molecule has 0 fully saturated rings. The summed E-state index contributed by atoms with van der Waals surface area (Å²) in [6.45, 7) is 10.7. The summed E-state index contributed by atoms with van der Waals surface area (Å²) in [6.07, 6.45) is 0. The number of hydrogen-bond donors (Lipinski definition) is 0. The van der Waals surface area contributed by atoms with E-state index in [4.69, 9.17) is 4.98 Å². The van der Waals surface area contributed by atoms with Crippen molar-refractivity contribution in [2.75, 3.05) is 0 Å². The summed E-state index contributed by atoms with van der Waals surface area (Å²) in [5, 5.41) is 5.78. The van der Waals surface area contributed by atoms with Crippen LogP contribution in [0.4, 0.5) is 0 Å². The normalized spacial score (nSPS) is 12.0. The summed E-state index contributed by atoms with van der Waals surface area (Å²) in [4.78, 5) is 4.87. The summed E-state index contributed by atoms with van der Waals surface area (Å²) in [7, 11) is 0. The van der Waals surface area contributed by atoms with E-state index in [0.717, 1.165) is 28.1 Å². The second-order valence-electron chi connectivity index (χ2n) is 6.65. The van der Waals surface area contributed by atoms with Gasteiger partial charge in [-0.3, -0.25) is 0 Å². The summed E-state index contributed by atoms with van der Waals surface area (Å²) in [6, 6.07) is 12.6. The van der Waals surface area contributed by atoms with Gasteiger partial charge in [-0.2, -0.15) is 5.10 Å². The lowest BCUT2D eigenvalue weighted by Crippen LogP contribution is -2.13. The highest BCUT2D eigenvalue weighted by Gasteiger charge is 2.18. The molecule has 0 aliphatic carbocycles. The lowest BCUT2D eigenvalue weighted by Gasteiger charge is -2.17. The van der Waals surface area contributed by atoms with Gasteiger partial charge in [-0.25, -0.2) is 9.67 Å². The van der Waals surface area contributed by atoms with Gasteiger partial charge in [0.25, 0.3) is 0 Å². The van der Waals surface area contributed by atoms with Gasteiger partial charge in [0.05, 0.1) is 11.4 Å². The summed E-state index contributed by atoms with van der Waals surface area (Å²) in [5.41, 5.74) is 5.36. The standard InChI is InChI=1S/C18H21N3/c1-12-6-8-14(9-7-12)21-17-15(13(2)20-21)10-11-16(19-17)18(3,4)5/h6-11H,1-5H3. The van der Waals surface area contributed by atoms with E-state index in [2.05, 4.69) is 69.2 Å². The fourth-order valence-corrected chi connectivity index (χ4v) is 2.43. The first-order valence-corrected chi connectivity index (χ1v) is 7.30. The number of pyridine rings is 1. The van der Waals surface area contributed by atoms with Crippen molar-refractivity contribution in [3.63, 3.8) is 0 Å². The van der Waals surface area contributed by atoms with Crippen LogP contribution in [0, 0.1) is 13.8 Å². The van der Waals surface area contributed by atoms with Crippen LogP contribution >= 0.6 is 0 Å². The molecule has 0 radical (unpaired) electrons. The van der Waals surface area contributed by atoms with Gasteiger partial charge in [-0.05, 0) is 38.1 Å². The van der Waals surface area contributed by atoms with Crippen molar-refractivity contribution in [3.05, 3.63) is 53.3 Å². The lowest BCUT2D eigenvalue weighted by atomic mass is 9.91. The van der Waals surface area contributed by atoms with E-state index in [1.54, 1.807) is 0 Å². The van der Waals surface area contributed by atoms with Crippen LogP contribution in [0.5, 0.6) is 0 Å². The average molecular weight is 279 g/mol. The molecule has 0 saturated carbocycles. The van der Waals surface area contributed by atoms with Crippen molar-refractivity contribution in [1.29, 1.82) is 0 Å². The minimum atomic E-state index is 0.0322. The van der Waals surface area contributed by atoms with Crippen molar-refractivity contribution in [3.8, 4) is 5.69 Å². The topological polar surface area (TPSA) is 30.7 Å². The Morgan fingerprint density at radius 3 is 2.19 bits per heavy atom. The van der Waals surface area contributed by atoms with Crippen molar-refractivity contribution in [1.82, 2.24) is 14.8 Å². The first-order valence-electron chi connectivity index (χ1n) is 7.30. The molecule has 108 valence electrons. The van der Waals surface area contributed by atoms with Gasteiger partial charge in [0.2, 0.25) is 0 Å². The van der Waals surface area contributed by atoms with Crippen molar-refractivity contribution in [2.45, 2.75) is 40.0 Å². The van der Waals surface area contributed by atoms with E-state index in [1.165, 1.54) is 5.56 Å². The molecule has 0 bridgehead atoms. The third-order valence-corrected chi connectivity index (χ3v) is 3.76. The largest absolute Gasteiger partial charge is 0.232 e. The second kappa shape index (κ2) is 4.69. The van der Waals surface area contributed by atoms with Crippen LogP contribution in [-0.4, -0.2) is 14.8 Å². The van der Waals surface area contributed by atoms with Crippen LogP contribution in [0.3, 0.4) is 0 Å². The Bertz CT molecular complexity index is 790. The minimum absolute atomic E-state index is 0.0322. The van der Waals surface area contributed by atoms with Crippen LogP contribution in [0.25, 0.3) is 16.7 Å². The highest BCUT2D eigenvalue weighted by atomic mass is 15.3. The number of fused-ring (bicyclic) bond motifs is 1. The SMILES string of the molecule is Cc1ccc(-n2nc(C)c3ccc(C(C)(C)C)nc32)cc1. The number of aryl methyl sites for hydroxylation is 2. The molecule has 1 aromatic carbocycles. The third kappa shape index (κ3) is 2.44. The molecule has 3 aromatic rings. The highest BCUT2D eigenvalue weighted by Crippen LogP contribution is 2.26. The van der Waals surface area contributed by atoms with E-state index in [1.807, 2.05) is 11.6 Å². The van der Waals surface area contributed by atoms with Crippen LogP contribution in [0.15, 0.2) is 36.4 Å². The van der Waals surface area contributed by atoms with E-state index < -0.39 is 0 Å². The van der Waals surface area contributed by atoms with Crippen molar-refractivity contribution >= 4 is 11.0 Å². The van der Waals surface area contributed by atoms with E-state index in [9.17, 15) is 0 Å². The van der Waals surface area contributed by atoms with E-state index in [0.29, 0.717) is 0 Å². The molecular formula is C18H21N3. The van der Waals surface area contributed by atoms with Gasteiger partial charge >= 0.3 is 0 Å². The molecular weight excluding hydrogens is 258 g/mol. The van der Waals surface area contributed by atoms with Crippen LogP contribution in [0.2, 0.25) is 0 Å². The Hall–Kier alpha value is -2.16. The first kappa shape index (κ1) is 13.8. The maximum atomic E-state index is 4.87. The molecule has 0 unspecified atom stereocenters. The highest BCUT2D eigenvalue weighted by molar-refractivity contribution is 5.80. The fourth-order valence-electron chi connectivity index (χ4n) is 2.43. The lowest BCUT2D eigenvalue weighted by molar-refractivity contribution is 0.570. The number of rotatable bonds is 1. The molecule has 0 spiro atoms. The Kier molecular flexibility index (Phi) is 3.08. The third-order valence-electron chi connectivity index (χ3n) is 3.76. The van der Waals surface area contributed by atoms with Gasteiger partial charge in [0, 0.05) is 16.5 Å². The molecule has 2 aromatic heterocycles. The molecule has 0 aliphatic rings. The number of aromatic nitrogens is 3. The number of benzene rings is 1. The molecule has 0 aliphatic heterocycles. The molecule has 3 heteroatoms. The van der Waals surface area contributed by atoms with Gasteiger partial charge in [-0.15, -0.1) is 0 Å². The number of nitrogens with zero attached hydrogens (tertiary/aromatic N) is 3. The van der Waals surface area contributed by atoms with Gasteiger partial charge in [0.1, 0.15) is 0 Å². The van der Waals surface area contributed by atoms with Gasteiger partial charge < -0.3 is 0 Å². The summed E-state index contributed by atoms with van der Waals surface area (Å²) in [5.74, 6) is 0. The zero-order chi connectivity index (χ0) is 15.2. The quantitative estimate of drug-likeness (QED) is 0.663. The molecule has 0 amide bonds. The molecule has 2 heterocycles. The Morgan fingerprint density at radius 1 is 0.905 bits per heavy atom. The molecule has 0 N–H and O–H groups in total. The van der Waals surface area contributed by atoms with Crippen LogP contribution < -0.4 is 0 Å².